The molecule has 6 nitrogen and oxygen atoms in total. The van der Waals surface area contributed by atoms with Gasteiger partial charge in [0.1, 0.15) is 11.6 Å². The van der Waals surface area contributed by atoms with Crippen molar-refractivity contribution < 1.29 is 9.53 Å². The fourth-order valence-corrected chi connectivity index (χ4v) is 2.94. The number of aromatic nitrogens is 1. The standard InChI is InChI=1S/C19H21ClN4O2/c20-15-9-10-18(21-13-15)24-22-12-14-5-4-8-17(11-14)26-19(25)23-16-6-2-1-3-7-16/h4-5,8-13,16H,1-3,6-7H2,(H,21,24)(H,23,25)/b22-12+. The number of hydrogen-bond acceptors (Lipinski definition) is 5. The van der Waals surface area contributed by atoms with E-state index in [-0.39, 0.29) is 6.04 Å². The highest BCUT2D eigenvalue weighted by Crippen LogP contribution is 2.18. The second kappa shape index (κ2) is 9.20. The van der Waals surface area contributed by atoms with Crippen LogP contribution in [0.15, 0.2) is 47.7 Å². The van der Waals surface area contributed by atoms with Crippen molar-refractivity contribution in [1.82, 2.24) is 10.3 Å². The zero-order valence-electron chi connectivity index (χ0n) is 14.3. The lowest BCUT2D eigenvalue weighted by molar-refractivity contribution is 0.192. The average Bonchev–Trinajstić information content (AvgIpc) is 2.64. The fourth-order valence-electron chi connectivity index (χ4n) is 2.82. The molecule has 1 aliphatic rings. The van der Waals surface area contributed by atoms with Crippen LogP contribution in [0.4, 0.5) is 10.6 Å². The highest BCUT2D eigenvalue weighted by atomic mass is 35.5. The first-order chi connectivity index (χ1) is 12.7. The van der Waals surface area contributed by atoms with Crippen molar-refractivity contribution in [2.24, 2.45) is 5.10 Å². The molecule has 0 radical (unpaired) electrons. The van der Waals surface area contributed by atoms with Gasteiger partial charge in [0.05, 0.1) is 11.2 Å². The lowest BCUT2D eigenvalue weighted by Crippen LogP contribution is -2.38. The number of ether oxygens (including phenoxy) is 1. The third-order valence-electron chi connectivity index (χ3n) is 4.12. The van der Waals surface area contributed by atoms with Crippen LogP contribution in [0.2, 0.25) is 5.02 Å². The molecule has 7 heteroatoms. The quantitative estimate of drug-likeness (QED) is 0.594. The van der Waals surface area contributed by atoms with Crippen LogP contribution in [-0.4, -0.2) is 23.3 Å². The average molecular weight is 373 g/mol. The Kier molecular flexibility index (Phi) is 6.44. The lowest BCUT2D eigenvalue weighted by atomic mass is 9.96. The molecule has 2 N–H and O–H groups in total. The van der Waals surface area contributed by atoms with E-state index in [1.54, 1.807) is 36.7 Å². The molecule has 0 spiro atoms. The molecule has 1 heterocycles. The SMILES string of the molecule is O=C(NC1CCCCC1)Oc1cccc(/C=N/Nc2ccc(Cl)cn2)c1. The summed E-state index contributed by atoms with van der Waals surface area (Å²) >= 11 is 5.79. The number of halogens is 1. The Labute approximate surface area is 157 Å². The van der Waals surface area contributed by atoms with Crippen molar-refractivity contribution in [3.8, 4) is 5.75 Å². The van der Waals surface area contributed by atoms with E-state index in [4.69, 9.17) is 16.3 Å². The molecule has 1 amide bonds. The van der Waals surface area contributed by atoms with Crippen LogP contribution in [-0.2, 0) is 0 Å². The number of hydrazone groups is 1. The molecule has 1 fully saturated rings. The third kappa shape index (κ3) is 5.74. The van der Waals surface area contributed by atoms with Crippen LogP contribution in [0.25, 0.3) is 0 Å². The van der Waals surface area contributed by atoms with E-state index in [2.05, 4.69) is 20.8 Å². The van der Waals surface area contributed by atoms with Crippen molar-refractivity contribution in [2.75, 3.05) is 5.43 Å². The summed E-state index contributed by atoms with van der Waals surface area (Å²) in [6, 6.07) is 10.8. The summed E-state index contributed by atoms with van der Waals surface area (Å²) in [5.74, 6) is 1.07. The minimum absolute atomic E-state index is 0.220. The molecule has 0 saturated heterocycles. The number of nitrogens with one attached hydrogen (secondary N) is 2. The molecule has 0 unspecified atom stereocenters. The number of rotatable bonds is 5. The van der Waals surface area contributed by atoms with Crippen LogP contribution >= 0.6 is 11.6 Å². The van der Waals surface area contributed by atoms with Crippen molar-refractivity contribution >= 4 is 29.7 Å². The van der Waals surface area contributed by atoms with E-state index < -0.39 is 6.09 Å². The summed E-state index contributed by atoms with van der Waals surface area (Å²) in [6.45, 7) is 0. The first-order valence-corrected chi connectivity index (χ1v) is 9.06. The molecule has 0 bridgehead atoms. The smallest absolute Gasteiger partial charge is 0.410 e. The Hall–Kier alpha value is -2.60. The predicted molar refractivity (Wildman–Crippen MR) is 103 cm³/mol. The number of amides is 1. The minimum atomic E-state index is -0.408. The molecule has 0 aliphatic heterocycles. The van der Waals surface area contributed by atoms with Gasteiger partial charge in [-0.05, 0) is 42.7 Å². The maximum atomic E-state index is 12.0. The van der Waals surface area contributed by atoms with E-state index in [1.807, 2.05) is 12.1 Å². The number of benzene rings is 1. The van der Waals surface area contributed by atoms with Crippen molar-refractivity contribution in [3.63, 3.8) is 0 Å². The van der Waals surface area contributed by atoms with Gasteiger partial charge in [-0.15, -0.1) is 0 Å². The largest absolute Gasteiger partial charge is 0.412 e. The molecule has 3 rings (SSSR count). The van der Waals surface area contributed by atoms with Gasteiger partial charge in [0.15, 0.2) is 0 Å². The molecule has 1 aromatic carbocycles. The number of carbonyl (C=O) groups is 1. The van der Waals surface area contributed by atoms with Gasteiger partial charge >= 0.3 is 6.09 Å². The lowest BCUT2D eigenvalue weighted by Gasteiger charge is -2.22. The summed E-state index contributed by atoms with van der Waals surface area (Å²) in [5, 5.41) is 7.61. The van der Waals surface area contributed by atoms with E-state index in [0.29, 0.717) is 16.6 Å². The molecule has 1 saturated carbocycles. The molecular weight excluding hydrogens is 352 g/mol. The predicted octanol–water partition coefficient (Wildman–Crippen LogP) is 4.60. The van der Waals surface area contributed by atoms with Crippen LogP contribution in [0.5, 0.6) is 5.75 Å². The van der Waals surface area contributed by atoms with Gasteiger partial charge < -0.3 is 10.1 Å². The van der Waals surface area contributed by atoms with Gasteiger partial charge in [0.25, 0.3) is 0 Å². The van der Waals surface area contributed by atoms with Crippen molar-refractivity contribution in [2.45, 2.75) is 38.1 Å². The number of pyridine rings is 1. The Balaban J connectivity index is 1.52. The van der Waals surface area contributed by atoms with Crippen LogP contribution in [0, 0.1) is 0 Å². The Morgan fingerprint density at radius 2 is 2.08 bits per heavy atom. The van der Waals surface area contributed by atoms with E-state index in [1.165, 1.54) is 6.42 Å². The Morgan fingerprint density at radius 1 is 1.23 bits per heavy atom. The molecule has 1 aromatic heterocycles. The van der Waals surface area contributed by atoms with Gasteiger partial charge in [0.2, 0.25) is 0 Å². The molecule has 26 heavy (non-hydrogen) atoms. The maximum Gasteiger partial charge on any atom is 0.412 e. The zero-order chi connectivity index (χ0) is 18.2. The summed E-state index contributed by atoms with van der Waals surface area (Å²) in [5.41, 5.74) is 3.61. The van der Waals surface area contributed by atoms with Gasteiger partial charge in [-0.25, -0.2) is 9.78 Å². The van der Waals surface area contributed by atoms with Gasteiger partial charge in [-0.2, -0.15) is 5.10 Å². The molecule has 136 valence electrons. The van der Waals surface area contributed by atoms with Crippen molar-refractivity contribution in [1.29, 1.82) is 0 Å². The highest BCUT2D eigenvalue weighted by Gasteiger charge is 2.16. The minimum Gasteiger partial charge on any atom is -0.410 e. The number of hydrogen-bond donors (Lipinski definition) is 2. The molecule has 1 aliphatic carbocycles. The van der Waals surface area contributed by atoms with Crippen LogP contribution in [0.3, 0.4) is 0 Å². The van der Waals surface area contributed by atoms with Gasteiger partial charge in [-0.3, -0.25) is 5.43 Å². The summed E-state index contributed by atoms with van der Waals surface area (Å²) in [7, 11) is 0. The van der Waals surface area contributed by atoms with Gasteiger partial charge in [0, 0.05) is 12.2 Å². The molecule has 2 aromatic rings. The highest BCUT2D eigenvalue weighted by molar-refractivity contribution is 6.30. The Bertz CT molecular complexity index is 758. The first-order valence-electron chi connectivity index (χ1n) is 8.68. The first kappa shape index (κ1) is 18.2. The van der Waals surface area contributed by atoms with E-state index in [0.717, 1.165) is 31.2 Å². The monoisotopic (exact) mass is 372 g/mol. The van der Waals surface area contributed by atoms with Gasteiger partial charge in [-0.1, -0.05) is 43.0 Å². The molecular formula is C19H21ClN4O2. The second-order valence-corrected chi connectivity index (χ2v) is 6.61. The normalized spacial score (nSPS) is 15.0. The third-order valence-corrected chi connectivity index (χ3v) is 4.34. The molecule has 0 atom stereocenters. The Morgan fingerprint density at radius 3 is 2.85 bits per heavy atom. The van der Waals surface area contributed by atoms with Crippen LogP contribution in [0.1, 0.15) is 37.7 Å². The van der Waals surface area contributed by atoms with E-state index >= 15 is 0 Å². The van der Waals surface area contributed by atoms with Crippen molar-refractivity contribution in [3.05, 3.63) is 53.2 Å². The van der Waals surface area contributed by atoms with Crippen LogP contribution < -0.4 is 15.5 Å². The summed E-state index contributed by atoms with van der Waals surface area (Å²) < 4.78 is 5.38. The van der Waals surface area contributed by atoms with E-state index in [9.17, 15) is 4.79 Å². The maximum absolute atomic E-state index is 12.0. The number of anilines is 1. The topological polar surface area (TPSA) is 75.6 Å². The zero-order valence-corrected chi connectivity index (χ0v) is 15.1. The summed E-state index contributed by atoms with van der Waals surface area (Å²) in [6.07, 6.45) is 8.36. The number of nitrogens with zero attached hydrogens (tertiary/aromatic N) is 2. The second-order valence-electron chi connectivity index (χ2n) is 6.17. The number of carbonyl (C=O) groups excluding carboxylic acids is 1. The summed E-state index contributed by atoms with van der Waals surface area (Å²) in [4.78, 5) is 16.1. The fraction of sp³-hybridized carbons (Fsp3) is 0.316.